The minimum absolute atomic E-state index is 0.247. The zero-order valence-electron chi connectivity index (χ0n) is 9.11. The normalized spacial score (nSPS) is 37.7. The van der Waals surface area contributed by atoms with E-state index in [1.165, 1.54) is 19.3 Å². The average Bonchev–Trinajstić information content (AvgIpc) is 2.57. The molecular weight excluding hydrogens is 192 g/mol. The van der Waals surface area contributed by atoms with Gasteiger partial charge in [0.05, 0.1) is 0 Å². The summed E-state index contributed by atoms with van der Waals surface area (Å²) in [6.07, 6.45) is 7.92. The van der Waals surface area contributed by atoms with Crippen molar-refractivity contribution in [1.82, 2.24) is 0 Å². The topological polar surface area (TPSA) is 46.5 Å². The zero-order chi connectivity index (χ0) is 10.9. The van der Waals surface area contributed by atoms with E-state index in [1.54, 1.807) is 13.0 Å². The molecule has 2 aliphatic rings. The predicted octanol–water partition coefficient (Wildman–Crippen LogP) is 2.37. The largest absolute Gasteiger partial charge is 0.510 e. The first-order chi connectivity index (χ1) is 7.14. The standard InChI is InChI=1S/C12H18O3/c1-12(8-13)7-10(14)11(15-12)9-5-3-2-4-6-9/h7-9,11,14H,2-6H2,1H3. The summed E-state index contributed by atoms with van der Waals surface area (Å²) in [5.41, 5.74) is -0.911. The van der Waals surface area contributed by atoms with Crippen LogP contribution < -0.4 is 0 Å². The first-order valence-electron chi connectivity index (χ1n) is 5.70. The monoisotopic (exact) mass is 210 g/mol. The number of carbonyl (C=O) groups is 1. The number of hydrogen-bond donors (Lipinski definition) is 1. The van der Waals surface area contributed by atoms with Gasteiger partial charge in [-0.05, 0) is 31.8 Å². The summed E-state index contributed by atoms with van der Waals surface area (Å²) >= 11 is 0. The highest BCUT2D eigenvalue weighted by molar-refractivity contribution is 5.66. The van der Waals surface area contributed by atoms with Crippen molar-refractivity contribution >= 4 is 6.29 Å². The van der Waals surface area contributed by atoms with E-state index in [4.69, 9.17) is 4.74 Å². The summed E-state index contributed by atoms with van der Waals surface area (Å²) in [6.45, 7) is 1.69. The van der Waals surface area contributed by atoms with E-state index in [0.717, 1.165) is 19.1 Å². The number of ether oxygens (including phenoxy) is 1. The number of aliphatic hydroxyl groups excluding tert-OH is 1. The zero-order valence-corrected chi connectivity index (χ0v) is 9.11. The summed E-state index contributed by atoms with van der Waals surface area (Å²) in [5.74, 6) is 0.633. The van der Waals surface area contributed by atoms with Gasteiger partial charge in [-0.25, -0.2) is 0 Å². The van der Waals surface area contributed by atoms with Crippen molar-refractivity contribution in [3.8, 4) is 0 Å². The molecule has 2 unspecified atom stereocenters. The molecule has 1 fully saturated rings. The third-order valence-corrected chi connectivity index (χ3v) is 3.42. The van der Waals surface area contributed by atoms with Gasteiger partial charge < -0.3 is 9.84 Å². The lowest BCUT2D eigenvalue weighted by atomic mass is 9.85. The Kier molecular flexibility index (Phi) is 2.83. The van der Waals surface area contributed by atoms with Crippen molar-refractivity contribution in [2.75, 3.05) is 0 Å². The number of aldehydes is 1. The highest BCUT2D eigenvalue weighted by atomic mass is 16.5. The van der Waals surface area contributed by atoms with Crippen LogP contribution >= 0.6 is 0 Å². The molecule has 1 aliphatic heterocycles. The minimum Gasteiger partial charge on any atom is -0.510 e. The molecule has 1 heterocycles. The molecule has 1 aliphatic carbocycles. The van der Waals surface area contributed by atoms with Crippen LogP contribution in [0.2, 0.25) is 0 Å². The maximum absolute atomic E-state index is 10.8. The number of hydrogen-bond acceptors (Lipinski definition) is 3. The van der Waals surface area contributed by atoms with Gasteiger partial charge in [0, 0.05) is 0 Å². The predicted molar refractivity (Wildman–Crippen MR) is 56.6 cm³/mol. The summed E-state index contributed by atoms with van der Waals surface area (Å²) in [7, 11) is 0. The fourth-order valence-corrected chi connectivity index (χ4v) is 2.58. The van der Waals surface area contributed by atoms with E-state index >= 15 is 0 Å². The second kappa shape index (κ2) is 3.97. The summed E-state index contributed by atoms with van der Waals surface area (Å²) in [4.78, 5) is 10.8. The fraction of sp³-hybridized carbons (Fsp3) is 0.750. The molecule has 2 atom stereocenters. The van der Waals surface area contributed by atoms with Gasteiger partial charge in [0.1, 0.15) is 17.5 Å². The van der Waals surface area contributed by atoms with Gasteiger partial charge in [-0.2, -0.15) is 0 Å². The van der Waals surface area contributed by atoms with Crippen molar-refractivity contribution < 1.29 is 14.6 Å². The molecule has 2 rings (SSSR count). The molecule has 0 aromatic heterocycles. The fourth-order valence-electron chi connectivity index (χ4n) is 2.58. The van der Waals surface area contributed by atoms with Crippen LogP contribution in [0.3, 0.4) is 0 Å². The van der Waals surface area contributed by atoms with Gasteiger partial charge in [-0.1, -0.05) is 19.3 Å². The van der Waals surface area contributed by atoms with Crippen molar-refractivity contribution in [2.45, 2.75) is 50.7 Å². The van der Waals surface area contributed by atoms with E-state index in [2.05, 4.69) is 0 Å². The van der Waals surface area contributed by atoms with E-state index in [9.17, 15) is 9.90 Å². The molecule has 0 amide bonds. The SMILES string of the molecule is CC1(C=O)C=C(O)C(C2CCCCC2)O1. The number of aliphatic hydroxyl groups is 1. The van der Waals surface area contributed by atoms with Crippen LogP contribution in [0.5, 0.6) is 0 Å². The molecule has 0 aromatic carbocycles. The summed E-state index contributed by atoms with van der Waals surface area (Å²) in [6, 6.07) is 0. The van der Waals surface area contributed by atoms with Crippen LogP contribution in [0.15, 0.2) is 11.8 Å². The maximum Gasteiger partial charge on any atom is 0.155 e. The second-order valence-corrected chi connectivity index (χ2v) is 4.81. The highest BCUT2D eigenvalue weighted by Gasteiger charge is 2.40. The van der Waals surface area contributed by atoms with Crippen LogP contribution in [0.1, 0.15) is 39.0 Å². The first kappa shape index (κ1) is 10.7. The van der Waals surface area contributed by atoms with Crippen molar-refractivity contribution in [1.29, 1.82) is 0 Å². The Morgan fingerprint density at radius 1 is 1.47 bits per heavy atom. The van der Waals surface area contributed by atoms with Gasteiger partial charge >= 0.3 is 0 Å². The lowest BCUT2D eigenvalue weighted by Crippen LogP contribution is -2.32. The molecule has 3 nitrogen and oxygen atoms in total. The Labute approximate surface area is 90.1 Å². The minimum atomic E-state index is -0.911. The van der Waals surface area contributed by atoms with E-state index in [0.29, 0.717) is 5.92 Å². The summed E-state index contributed by atoms with van der Waals surface area (Å²) < 4.78 is 5.64. The smallest absolute Gasteiger partial charge is 0.155 e. The lowest BCUT2D eigenvalue weighted by molar-refractivity contribution is -0.128. The molecule has 0 bridgehead atoms. The Bertz CT molecular complexity index is 279. The molecule has 3 heteroatoms. The molecule has 1 saturated carbocycles. The van der Waals surface area contributed by atoms with Crippen LogP contribution in [-0.4, -0.2) is 23.1 Å². The number of carbonyl (C=O) groups excluding carboxylic acids is 1. The van der Waals surface area contributed by atoms with E-state index in [-0.39, 0.29) is 11.9 Å². The molecule has 0 saturated heterocycles. The van der Waals surface area contributed by atoms with Crippen molar-refractivity contribution in [3.63, 3.8) is 0 Å². The molecular formula is C12H18O3. The van der Waals surface area contributed by atoms with Gasteiger partial charge in [0.2, 0.25) is 0 Å². The Hall–Kier alpha value is -0.830. The van der Waals surface area contributed by atoms with Gasteiger partial charge in [0.15, 0.2) is 6.29 Å². The lowest BCUT2D eigenvalue weighted by Gasteiger charge is -2.29. The van der Waals surface area contributed by atoms with Gasteiger partial charge in [-0.15, -0.1) is 0 Å². The molecule has 1 N–H and O–H groups in total. The Morgan fingerprint density at radius 2 is 2.13 bits per heavy atom. The van der Waals surface area contributed by atoms with Gasteiger partial charge in [-0.3, -0.25) is 4.79 Å². The first-order valence-corrected chi connectivity index (χ1v) is 5.70. The van der Waals surface area contributed by atoms with Crippen LogP contribution in [-0.2, 0) is 9.53 Å². The van der Waals surface area contributed by atoms with Crippen LogP contribution in [0, 0.1) is 5.92 Å². The molecule has 0 aromatic rings. The van der Waals surface area contributed by atoms with Crippen LogP contribution in [0.25, 0.3) is 0 Å². The second-order valence-electron chi connectivity index (χ2n) is 4.81. The third-order valence-electron chi connectivity index (χ3n) is 3.42. The van der Waals surface area contributed by atoms with Crippen LogP contribution in [0.4, 0.5) is 0 Å². The van der Waals surface area contributed by atoms with Gasteiger partial charge in [0.25, 0.3) is 0 Å². The Morgan fingerprint density at radius 3 is 2.67 bits per heavy atom. The Balaban J connectivity index is 2.06. The molecule has 0 radical (unpaired) electrons. The average molecular weight is 210 g/mol. The number of rotatable bonds is 2. The maximum atomic E-state index is 10.8. The van der Waals surface area contributed by atoms with Crippen molar-refractivity contribution in [3.05, 3.63) is 11.8 Å². The van der Waals surface area contributed by atoms with E-state index in [1.807, 2.05) is 0 Å². The summed E-state index contributed by atoms with van der Waals surface area (Å²) in [5, 5.41) is 9.79. The third kappa shape index (κ3) is 2.07. The van der Waals surface area contributed by atoms with Crippen molar-refractivity contribution in [2.24, 2.45) is 5.92 Å². The molecule has 15 heavy (non-hydrogen) atoms. The highest BCUT2D eigenvalue weighted by Crippen LogP contribution is 2.36. The van der Waals surface area contributed by atoms with E-state index < -0.39 is 5.60 Å². The quantitative estimate of drug-likeness (QED) is 0.712. The molecule has 0 spiro atoms. The molecule has 84 valence electrons.